The van der Waals surface area contributed by atoms with Gasteiger partial charge in [-0.1, -0.05) is 30.3 Å². The van der Waals surface area contributed by atoms with Crippen molar-refractivity contribution in [3.8, 4) is 5.69 Å². The lowest BCUT2D eigenvalue weighted by atomic mass is 9.90. The Bertz CT molecular complexity index is 1390. The van der Waals surface area contributed by atoms with E-state index >= 15 is 0 Å². The molecule has 0 saturated carbocycles. The number of benzene rings is 2. The summed E-state index contributed by atoms with van der Waals surface area (Å²) in [5.41, 5.74) is 2.16. The molecule has 1 fully saturated rings. The van der Waals surface area contributed by atoms with E-state index in [9.17, 15) is 14.0 Å². The first-order valence-corrected chi connectivity index (χ1v) is 12.0. The molecule has 1 aliphatic rings. The monoisotopic (exact) mass is 473 g/mol. The molecule has 7 nitrogen and oxygen atoms in total. The van der Waals surface area contributed by atoms with Crippen molar-refractivity contribution in [3.05, 3.63) is 88.4 Å². The lowest BCUT2D eigenvalue weighted by molar-refractivity contribution is -0.132. The fraction of sp³-hybridized carbons (Fsp3) is 0.333. The maximum Gasteiger partial charge on any atom is 0.264 e. The van der Waals surface area contributed by atoms with Crippen molar-refractivity contribution < 1.29 is 9.18 Å². The number of carbonyl (C=O) groups excluding carboxylic acids is 1. The van der Waals surface area contributed by atoms with Crippen LogP contribution in [0.4, 0.5) is 4.39 Å². The molecule has 0 spiro atoms. The number of hydrogen-bond acceptors (Lipinski definition) is 4. The van der Waals surface area contributed by atoms with E-state index in [1.165, 1.54) is 28.6 Å². The van der Waals surface area contributed by atoms with Gasteiger partial charge in [0.15, 0.2) is 5.65 Å². The number of nitrogens with zero attached hydrogens (tertiary/aromatic N) is 5. The number of hydrogen-bond donors (Lipinski definition) is 0. The minimum absolute atomic E-state index is 0.0663. The SMILES string of the molecule is Cc1nc2c(cnn2-c2ccc(F)cc2)c(=O)n1CCC(=O)N1CCC(Cc2ccccc2)CC1. The first-order chi connectivity index (χ1) is 17.0. The van der Waals surface area contributed by atoms with Crippen LogP contribution in [0.3, 0.4) is 0 Å². The van der Waals surface area contributed by atoms with Crippen molar-refractivity contribution in [3.63, 3.8) is 0 Å². The minimum Gasteiger partial charge on any atom is -0.343 e. The maximum absolute atomic E-state index is 13.3. The molecule has 0 atom stereocenters. The molecule has 5 rings (SSSR count). The van der Waals surface area contributed by atoms with Gasteiger partial charge in [-0.15, -0.1) is 0 Å². The third-order valence-electron chi connectivity index (χ3n) is 6.83. The fourth-order valence-corrected chi connectivity index (χ4v) is 4.84. The van der Waals surface area contributed by atoms with Gasteiger partial charge in [0.25, 0.3) is 5.56 Å². The molecule has 0 radical (unpaired) electrons. The summed E-state index contributed by atoms with van der Waals surface area (Å²) in [4.78, 5) is 32.5. The number of piperidine rings is 1. The smallest absolute Gasteiger partial charge is 0.264 e. The standard InChI is InChI=1S/C27H28FN5O2/c1-19-30-26-24(18-29-33(26)23-9-7-22(28)8-10-23)27(35)32(19)16-13-25(34)31-14-11-21(12-15-31)17-20-5-3-2-4-6-20/h2-10,18,21H,11-17H2,1H3. The van der Waals surface area contributed by atoms with E-state index in [4.69, 9.17) is 0 Å². The van der Waals surface area contributed by atoms with E-state index in [0.29, 0.717) is 28.5 Å². The highest BCUT2D eigenvalue weighted by Gasteiger charge is 2.23. The average molecular weight is 474 g/mol. The Kier molecular flexibility index (Phi) is 6.44. The molecule has 35 heavy (non-hydrogen) atoms. The summed E-state index contributed by atoms with van der Waals surface area (Å²) in [7, 11) is 0. The van der Waals surface area contributed by atoms with E-state index in [1.54, 1.807) is 23.6 Å². The van der Waals surface area contributed by atoms with Gasteiger partial charge in [0, 0.05) is 26.1 Å². The zero-order chi connectivity index (χ0) is 24.4. The van der Waals surface area contributed by atoms with Crippen molar-refractivity contribution >= 4 is 16.9 Å². The molecule has 0 bridgehead atoms. The first kappa shape index (κ1) is 23.0. The van der Waals surface area contributed by atoms with Crippen LogP contribution in [0.5, 0.6) is 0 Å². The van der Waals surface area contributed by atoms with Gasteiger partial charge in [-0.25, -0.2) is 14.1 Å². The van der Waals surface area contributed by atoms with Crippen LogP contribution in [0, 0.1) is 18.7 Å². The first-order valence-electron chi connectivity index (χ1n) is 12.0. The molecule has 3 heterocycles. The maximum atomic E-state index is 13.3. The summed E-state index contributed by atoms with van der Waals surface area (Å²) in [5.74, 6) is 0.828. The van der Waals surface area contributed by atoms with E-state index in [-0.39, 0.29) is 30.2 Å². The fourth-order valence-electron chi connectivity index (χ4n) is 4.84. The quantitative estimate of drug-likeness (QED) is 0.426. The Labute approximate surface area is 202 Å². The minimum atomic E-state index is -0.346. The van der Waals surface area contributed by atoms with Gasteiger partial charge in [0.05, 0.1) is 11.9 Å². The topological polar surface area (TPSA) is 73.0 Å². The highest BCUT2D eigenvalue weighted by Crippen LogP contribution is 2.22. The Morgan fingerprint density at radius 2 is 1.77 bits per heavy atom. The summed E-state index contributed by atoms with van der Waals surface area (Å²) in [5, 5.41) is 4.66. The molecule has 1 amide bonds. The van der Waals surface area contributed by atoms with Crippen LogP contribution in [0.2, 0.25) is 0 Å². The summed E-state index contributed by atoms with van der Waals surface area (Å²) in [6, 6.07) is 16.3. The predicted molar refractivity (Wildman–Crippen MR) is 132 cm³/mol. The number of rotatable bonds is 6. The lowest BCUT2D eigenvalue weighted by Gasteiger charge is -2.32. The van der Waals surface area contributed by atoms with E-state index in [0.717, 1.165) is 32.4 Å². The summed E-state index contributed by atoms with van der Waals surface area (Å²) >= 11 is 0. The molecule has 2 aromatic heterocycles. The summed E-state index contributed by atoms with van der Waals surface area (Å²) in [6.45, 7) is 3.54. The Morgan fingerprint density at radius 3 is 2.49 bits per heavy atom. The van der Waals surface area contributed by atoms with E-state index < -0.39 is 0 Å². The predicted octanol–water partition coefficient (Wildman–Crippen LogP) is 3.90. The second-order valence-electron chi connectivity index (χ2n) is 9.15. The van der Waals surface area contributed by atoms with E-state index in [2.05, 4.69) is 34.3 Å². The van der Waals surface area contributed by atoms with Gasteiger partial charge in [-0.05, 0) is 61.9 Å². The molecule has 4 aromatic rings. The Morgan fingerprint density at radius 1 is 1.06 bits per heavy atom. The summed E-state index contributed by atoms with van der Waals surface area (Å²) in [6.07, 6.45) is 4.77. The van der Waals surface area contributed by atoms with Crippen LogP contribution in [-0.2, 0) is 17.8 Å². The van der Waals surface area contributed by atoms with Gasteiger partial charge in [0.2, 0.25) is 5.91 Å². The molecular weight excluding hydrogens is 445 g/mol. The highest BCUT2D eigenvalue weighted by molar-refractivity contribution is 5.77. The largest absolute Gasteiger partial charge is 0.343 e. The molecule has 180 valence electrons. The van der Waals surface area contributed by atoms with Gasteiger partial charge in [0.1, 0.15) is 17.0 Å². The molecular formula is C27H28FN5O2. The van der Waals surface area contributed by atoms with Gasteiger partial charge in [-0.3, -0.25) is 14.2 Å². The molecule has 1 aliphatic heterocycles. The Hall–Kier alpha value is -3.81. The van der Waals surface area contributed by atoms with E-state index in [1.807, 2.05) is 11.0 Å². The van der Waals surface area contributed by atoms with Crippen LogP contribution >= 0.6 is 0 Å². The Balaban J connectivity index is 1.23. The van der Waals surface area contributed by atoms with Crippen LogP contribution in [-0.4, -0.2) is 43.2 Å². The second-order valence-corrected chi connectivity index (χ2v) is 9.15. The van der Waals surface area contributed by atoms with Crippen LogP contribution in [0.1, 0.15) is 30.7 Å². The van der Waals surface area contributed by atoms with Crippen LogP contribution in [0.15, 0.2) is 65.6 Å². The van der Waals surface area contributed by atoms with Crippen molar-refractivity contribution in [2.45, 2.75) is 39.2 Å². The zero-order valence-electron chi connectivity index (χ0n) is 19.7. The number of aryl methyl sites for hydroxylation is 1. The summed E-state index contributed by atoms with van der Waals surface area (Å²) < 4.78 is 16.4. The van der Waals surface area contributed by atoms with Crippen LogP contribution < -0.4 is 5.56 Å². The van der Waals surface area contributed by atoms with Gasteiger partial charge >= 0.3 is 0 Å². The van der Waals surface area contributed by atoms with Crippen molar-refractivity contribution in [2.24, 2.45) is 5.92 Å². The normalized spacial score (nSPS) is 14.5. The van der Waals surface area contributed by atoms with Gasteiger partial charge < -0.3 is 4.90 Å². The molecule has 2 aromatic carbocycles. The number of aromatic nitrogens is 4. The molecule has 0 unspecified atom stereocenters. The zero-order valence-corrected chi connectivity index (χ0v) is 19.7. The molecule has 0 aliphatic carbocycles. The molecule has 8 heteroatoms. The second kappa shape index (κ2) is 9.82. The van der Waals surface area contributed by atoms with Crippen molar-refractivity contribution in [2.75, 3.05) is 13.1 Å². The lowest BCUT2D eigenvalue weighted by Crippen LogP contribution is -2.39. The number of fused-ring (bicyclic) bond motifs is 1. The number of halogens is 1. The number of amides is 1. The van der Waals surface area contributed by atoms with Gasteiger partial charge in [-0.2, -0.15) is 5.10 Å². The number of likely N-dealkylation sites (tertiary alicyclic amines) is 1. The van der Waals surface area contributed by atoms with Crippen molar-refractivity contribution in [1.29, 1.82) is 0 Å². The third kappa shape index (κ3) is 4.87. The molecule has 1 saturated heterocycles. The third-order valence-corrected chi connectivity index (χ3v) is 6.83. The molecule has 0 N–H and O–H groups in total. The highest BCUT2D eigenvalue weighted by atomic mass is 19.1. The van der Waals surface area contributed by atoms with Crippen LogP contribution in [0.25, 0.3) is 16.7 Å². The number of carbonyl (C=O) groups is 1. The van der Waals surface area contributed by atoms with Crippen molar-refractivity contribution in [1.82, 2.24) is 24.2 Å². The average Bonchev–Trinajstić information content (AvgIpc) is 3.29.